The van der Waals surface area contributed by atoms with Crippen LogP contribution in [0.4, 0.5) is 10.5 Å². The van der Waals surface area contributed by atoms with Gasteiger partial charge in [-0.25, -0.2) is 4.79 Å². The van der Waals surface area contributed by atoms with Crippen LogP contribution in [0, 0.1) is 0 Å². The summed E-state index contributed by atoms with van der Waals surface area (Å²) in [5.41, 5.74) is -0.0978. The van der Waals surface area contributed by atoms with Crippen molar-refractivity contribution in [3.8, 4) is 5.75 Å². The summed E-state index contributed by atoms with van der Waals surface area (Å²) in [6, 6.07) is 4.41. The highest BCUT2D eigenvalue weighted by atomic mass is 16.5. The molecule has 0 saturated carbocycles. The number of hydrogen-bond acceptors (Lipinski definition) is 5. The Balaban J connectivity index is 2.00. The zero-order valence-electron chi connectivity index (χ0n) is 14.9. The fraction of sp³-hybridized carbons (Fsp3) is 0.529. The zero-order valence-corrected chi connectivity index (χ0v) is 14.9. The molecule has 8 nitrogen and oxygen atoms in total. The summed E-state index contributed by atoms with van der Waals surface area (Å²) in [5, 5.41) is 18.8. The second kappa shape index (κ2) is 8.17. The second-order valence-electron chi connectivity index (χ2n) is 6.43. The summed E-state index contributed by atoms with van der Waals surface area (Å²) in [5.74, 6) is 0.218. The van der Waals surface area contributed by atoms with Crippen LogP contribution in [0.15, 0.2) is 18.2 Å². The Morgan fingerprint density at radius 3 is 2.76 bits per heavy atom. The first kappa shape index (κ1) is 19.0. The topological polar surface area (TPSA) is 103 Å². The maximum atomic E-state index is 12.2. The highest BCUT2D eigenvalue weighted by molar-refractivity contribution is 5.99. The molecule has 138 valence electrons. The van der Waals surface area contributed by atoms with E-state index in [9.17, 15) is 14.7 Å². The Bertz CT molecular complexity index is 627. The number of nitrogens with one attached hydrogen (secondary N) is 3. The first-order valence-corrected chi connectivity index (χ1v) is 8.22. The van der Waals surface area contributed by atoms with E-state index in [2.05, 4.69) is 16.0 Å². The Labute approximate surface area is 147 Å². The minimum atomic E-state index is -0.929. The number of piperidine rings is 1. The summed E-state index contributed by atoms with van der Waals surface area (Å²) in [6.07, 6.45) is 1.51. The van der Waals surface area contributed by atoms with Crippen LogP contribution in [-0.4, -0.2) is 68.4 Å². The monoisotopic (exact) mass is 350 g/mol. The highest BCUT2D eigenvalue weighted by Gasteiger charge is 2.29. The van der Waals surface area contributed by atoms with Gasteiger partial charge in [0.2, 0.25) is 0 Å². The molecule has 0 radical (unpaired) electrons. The van der Waals surface area contributed by atoms with Crippen LogP contribution >= 0.6 is 0 Å². The first-order valence-electron chi connectivity index (χ1n) is 8.22. The third kappa shape index (κ3) is 5.07. The first-order chi connectivity index (χ1) is 11.8. The average Bonchev–Trinajstić information content (AvgIpc) is 2.60. The van der Waals surface area contributed by atoms with Gasteiger partial charge in [0.1, 0.15) is 5.75 Å². The molecule has 1 aliphatic rings. The molecule has 0 aromatic heterocycles. The van der Waals surface area contributed by atoms with E-state index in [1.807, 2.05) is 0 Å². The number of urea groups is 1. The molecule has 25 heavy (non-hydrogen) atoms. The van der Waals surface area contributed by atoms with Gasteiger partial charge in [0.25, 0.3) is 5.91 Å². The molecule has 1 aliphatic heterocycles. The van der Waals surface area contributed by atoms with E-state index in [1.54, 1.807) is 32.3 Å². The molecule has 1 unspecified atom stereocenters. The van der Waals surface area contributed by atoms with Crippen molar-refractivity contribution >= 4 is 17.6 Å². The summed E-state index contributed by atoms with van der Waals surface area (Å²) in [4.78, 5) is 25.7. The van der Waals surface area contributed by atoms with Crippen molar-refractivity contribution in [3.63, 3.8) is 0 Å². The number of amides is 3. The Kier molecular flexibility index (Phi) is 6.22. The van der Waals surface area contributed by atoms with Gasteiger partial charge in [-0.2, -0.15) is 0 Å². The molecule has 2 rings (SSSR count). The van der Waals surface area contributed by atoms with Crippen LogP contribution < -0.4 is 20.7 Å². The van der Waals surface area contributed by atoms with Gasteiger partial charge in [-0.05, 0) is 37.6 Å². The van der Waals surface area contributed by atoms with Gasteiger partial charge in [0.05, 0.1) is 18.3 Å². The molecule has 4 N–H and O–H groups in total. The molecule has 1 atom stereocenters. The number of hydrogen-bond donors (Lipinski definition) is 4. The minimum Gasteiger partial charge on any atom is -0.496 e. The molecule has 0 bridgehead atoms. The van der Waals surface area contributed by atoms with E-state index in [0.29, 0.717) is 30.0 Å². The van der Waals surface area contributed by atoms with E-state index in [0.717, 1.165) is 13.0 Å². The SMILES string of the molecule is COc1ccc(NC(=O)NCC2(O)CCCNC2)cc1C(=O)N(C)C. The van der Waals surface area contributed by atoms with Crippen LogP contribution in [0.2, 0.25) is 0 Å². The van der Waals surface area contributed by atoms with Gasteiger partial charge in [-0.1, -0.05) is 0 Å². The fourth-order valence-corrected chi connectivity index (χ4v) is 2.72. The quantitative estimate of drug-likeness (QED) is 0.624. The standard InChI is InChI=1S/C17H26N4O4/c1-21(2)15(22)13-9-12(5-6-14(13)25-3)20-16(23)19-11-17(24)7-4-8-18-10-17/h5-6,9,18,24H,4,7-8,10-11H2,1-3H3,(H2,19,20,23). The third-order valence-electron chi connectivity index (χ3n) is 4.12. The van der Waals surface area contributed by atoms with Crippen molar-refractivity contribution in [1.29, 1.82) is 0 Å². The van der Waals surface area contributed by atoms with Crippen molar-refractivity contribution in [2.24, 2.45) is 0 Å². The lowest BCUT2D eigenvalue weighted by atomic mass is 9.94. The molecule has 3 amide bonds. The van der Waals surface area contributed by atoms with Crippen LogP contribution in [0.3, 0.4) is 0 Å². The van der Waals surface area contributed by atoms with E-state index in [4.69, 9.17) is 4.74 Å². The van der Waals surface area contributed by atoms with Crippen molar-refractivity contribution in [3.05, 3.63) is 23.8 Å². The predicted molar refractivity (Wildman–Crippen MR) is 95.1 cm³/mol. The molecule has 0 spiro atoms. The van der Waals surface area contributed by atoms with Gasteiger partial charge in [0, 0.05) is 32.9 Å². The van der Waals surface area contributed by atoms with Crippen molar-refractivity contribution in [2.75, 3.05) is 46.2 Å². The number of rotatable bonds is 5. The molecule has 0 aliphatic carbocycles. The third-order valence-corrected chi connectivity index (χ3v) is 4.12. The largest absolute Gasteiger partial charge is 0.496 e. The number of benzene rings is 1. The fourth-order valence-electron chi connectivity index (χ4n) is 2.72. The number of aliphatic hydroxyl groups is 1. The summed E-state index contributed by atoms with van der Waals surface area (Å²) < 4.78 is 5.20. The lowest BCUT2D eigenvalue weighted by molar-refractivity contribution is 0.0198. The van der Waals surface area contributed by atoms with Crippen LogP contribution in [-0.2, 0) is 0 Å². The number of anilines is 1. The van der Waals surface area contributed by atoms with Gasteiger partial charge >= 0.3 is 6.03 Å². The van der Waals surface area contributed by atoms with Gasteiger partial charge in [-0.3, -0.25) is 4.79 Å². The maximum absolute atomic E-state index is 12.2. The summed E-state index contributed by atoms with van der Waals surface area (Å²) in [7, 11) is 4.78. The molecule has 8 heteroatoms. The lowest BCUT2D eigenvalue weighted by Gasteiger charge is -2.32. The molecule has 1 heterocycles. The van der Waals surface area contributed by atoms with Gasteiger partial charge < -0.3 is 30.7 Å². The maximum Gasteiger partial charge on any atom is 0.319 e. The van der Waals surface area contributed by atoms with E-state index in [-0.39, 0.29) is 12.5 Å². The van der Waals surface area contributed by atoms with Crippen LogP contribution in [0.5, 0.6) is 5.75 Å². The number of methoxy groups -OCH3 is 1. The van der Waals surface area contributed by atoms with Gasteiger partial charge in [0.15, 0.2) is 0 Å². The molecule has 1 saturated heterocycles. The second-order valence-corrected chi connectivity index (χ2v) is 6.43. The smallest absolute Gasteiger partial charge is 0.319 e. The number of β-amino-alcohol motifs (C(OH)–C–C–N with tert-alkyl or cyclic N) is 1. The number of carbonyl (C=O) groups excluding carboxylic acids is 2. The van der Waals surface area contributed by atoms with E-state index < -0.39 is 11.6 Å². The molecular formula is C17H26N4O4. The normalized spacial score (nSPS) is 19.8. The Morgan fingerprint density at radius 1 is 1.40 bits per heavy atom. The van der Waals surface area contributed by atoms with Crippen molar-refractivity contribution in [1.82, 2.24) is 15.5 Å². The molecule has 1 aromatic carbocycles. The number of nitrogens with zero attached hydrogens (tertiary/aromatic N) is 1. The van der Waals surface area contributed by atoms with Crippen LogP contribution in [0.1, 0.15) is 23.2 Å². The molecule has 1 fully saturated rings. The zero-order chi connectivity index (χ0) is 18.4. The Morgan fingerprint density at radius 2 is 2.16 bits per heavy atom. The molecular weight excluding hydrogens is 324 g/mol. The summed E-state index contributed by atoms with van der Waals surface area (Å²) in [6.45, 7) is 1.49. The average molecular weight is 350 g/mol. The van der Waals surface area contributed by atoms with Gasteiger partial charge in [-0.15, -0.1) is 0 Å². The van der Waals surface area contributed by atoms with E-state index in [1.165, 1.54) is 12.0 Å². The van der Waals surface area contributed by atoms with Crippen molar-refractivity contribution in [2.45, 2.75) is 18.4 Å². The van der Waals surface area contributed by atoms with Crippen molar-refractivity contribution < 1.29 is 19.4 Å². The van der Waals surface area contributed by atoms with Crippen LogP contribution in [0.25, 0.3) is 0 Å². The minimum absolute atomic E-state index is 0.158. The summed E-state index contributed by atoms with van der Waals surface area (Å²) >= 11 is 0. The number of carbonyl (C=O) groups is 2. The predicted octanol–water partition coefficient (Wildman–Crippen LogP) is 0.633. The number of ether oxygens (including phenoxy) is 1. The highest BCUT2D eigenvalue weighted by Crippen LogP contribution is 2.23. The molecule has 1 aromatic rings. The Hall–Kier alpha value is -2.32. The van der Waals surface area contributed by atoms with E-state index >= 15 is 0 Å². The lowest BCUT2D eigenvalue weighted by Crippen LogP contribution is -2.53.